The van der Waals surface area contributed by atoms with Crippen LogP contribution < -0.4 is 10.6 Å². The molecule has 4 rings (SSSR count). The van der Waals surface area contributed by atoms with Crippen LogP contribution in [0, 0.1) is 28.9 Å². The first-order valence-corrected chi connectivity index (χ1v) is 13.3. The summed E-state index contributed by atoms with van der Waals surface area (Å²) in [7, 11) is -3.82. The number of nitrogens with zero attached hydrogens (tertiary/aromatic N) is 1. The average molecular weight is 524 g/mol. The van der Waals surface area contributed by atoms with Crippen molar-refractivity contribution in [3.63, 3.8) is 0 Å². The molecule has 192 valence electrons. The fraction of sp³-hybridized carbons (Fsp3) is 0.440. The van der Waals surface area contributed by atoms with Crippen LogP contribution in [0.5, 0.6) is 0 Å². The molecule has 2 aliphatic carbocycles. The van der Waals surface area contributed by atoms with Crippen molar-refractivity contribution in [3.8, 4) is 6.07 Å². The maximum absolute atomic E-state index is 15.8. The van der Waals surface area contributed by atoms with Gasteiger partial charge < -0.3 is 5.32 Å². The molecule has 0 saturated heterocycles. The van der Waals surface area contributed by atoms with E-state index >= 15 is 8.78 Å². The summed E-state index contributed by atoms with van der Waals surface area (Å²) in [6.45, 7) is 0. The van der Waals surface area contributed by atoms with Crippen molar-refractivity contribution in [2.75, 3.05) is 11.5 Å². The number of nitriles is 1. The Kier molecular flexibility index (Phi) is 7.12. The van der Waals surface area contributed by atoms with Gasteiger partial charge in [0.05, 0.1) is 17.6 Å². The molecular formula is C25H25F4N3O3S. The van der Waals surface area contributed by atoms with Gasteiger partial charge in [-0.05, 0) is 61.4 Å². The first kappa shape index (κ1) is 26.1. The Morgan fingerprint density at radius 3 is 2.11 bits per heavy atom. The molecule has 0 spiro atoms. The average Bonchev–Trinajstić information content (AvgIpc) is 3.75. The molecule has 0 radical (unpaired) electrons. The largest absolute Gasteiger partial charge is 0.336 e. The van der Waals surface area contributed by atoms with Crippen LogP contribution in [-0.2, 0) is 20.6 Å². The van der Waals surface area contributed by atoms with Gasteiger partial charge in [-0.25, -0.2) is 17.2 Å². The maximum Gasteiger partial charge on any atom is 0.292 e. The van der Waals surface area contributed by atoms with Gasteiger partial charge in [-0.3, -0.25) is 10.1 Å². The lowest BCUT2D eigenvalue weighted by atomic mass is 9.93. The van der Waals surface area contributed by atoms with Crippen LogP contribution in [-0.4, -0.2) is 37.4 Å². The number of alkyl halides is 2. The smallest absolute Gasteiger partial charge is 0.292 e. The SMILES string of the molecule is N#CC1(NC(=O)[C@H](CS(=O)(=O)CC2CC2)N[C@@H](c2ccc(F)cc2)C(F)(F)c2ccc(F)cc2)CC1. The first-order valence-electron chi connectivity index (χ1n) is 11.5. The number of rotatable bonds is 11. The van der Waals surface area contributed by atoms with E-state index in [0.717, 1.165) is 61.4 Å². The van der Waals surface area contributed by atoms with Crippen LogP contribution in [0.15, 0.2) is 48.5 Å². The molecule has 0 aromatic heterocycles. The summed E-state index contributed by atoms with van der Waals surface area (Å²) in [5.74, 6) is -7.00. The summed E-state index contributed by atoms with van der Waals surface area (Å²) < 4.78 is 84.2. The summed E-state index contributed by atoms with van der Waals surface area (Å²) in [6, 6.07) is 6.03. The second-order valence-electron chi connectivity index (χ2n) is 9.54. The lowest BCUT2D eigenvalue weighted by Gasteiger charge is -2.32. The standard InChI is InChI=1S/C25H25F4N3O3S/c26-19-7-3-17(4-8-19)22(25(28,29)18-5-9-20(27)10-6-18)31-21(14-36(34,35)13-16-1-2-16)23(33)32-24(15-30)11-12-24/h3-10,16,21-22,31H,1-2,11-14H2,(H,32,33)/t21-,22-/m0/s1. The zero-order chi connectivity index (χ0) is 26.1. The minimum Gasteiger partial charge on any atom is -0.336 e. The molecule has 0 bridgehead atoms. The predicted molar refractivity (Wildman–Crippen MR) is 123 cm³/mol. The summed E-state index contributed by atoms with van der Waals surface area (Å²) >= 11 is 0. The summed E-state index contributed by atoms with van der Waals surface area (Å²) in [5, 5.41) is 14.3. The van der Waals surface area contributed by atoms with E-state index in [1.807, 2.05) is 6.07 Å². The van der Waals surface area contributed by atoms with Crippen LogP contribution in [0.3, 0.4) is 0 Å². The van der Waals surface area contributed by atoms with Crippen LogP contribution in [0.4, 0.5) is 17.6 Å². The summed E-state index contributed by atoms with van der Waals surface area (Å²) in [6.07, 6.45) is 2.21. The molecule has 0 unspecified atom stereocenters. The molecule has 2 aliphatic rings. The molecule has 6 nitrogen and oxygen atoms in total. The number of amides is 1. The van der Waals surface area contributed by atoms with Gasteiger partial charge in [0.1, 0.15) is 29.3 Å². The molecular weight excluding hydrogens is 498 g/mol. The highest BCUT2D eigenvalue weighted by Crippen LogP contribution is 2.41. The van der Waals surface area contributed by atoms with Gasteiger partial charge in [0.15, 0.2) is 9.84 Å². The van der Waals surface area contributed by atoms with Crippen molar-refractivity contribution >= 4 is 15.7 Å². The minimum absolute atomic E-state index is 0.0267. The molecule has 2 N–H and O–H groups in total. The number of hydrogen-bond donors (Lipinski definition) is 2. The van der Waals surface area contributed by atoms with Crippen LogP contribution >= 0.6 is 0 Å². The van der Waals surface area contributed by atoms with E-state index in [2.05, 4.69) is 10.6 Å². The Labute approximate surface area is 206 Å². The van der Waals surface area contributed by atoms with E-state index < -0.39 is 62.2 Å². The lowest BCUT2D eigenvalue weighted by molar-refractivity contribution is -0.124. The van der Waals surface area contributed by atoms with Crippen LogP contribution in [0.2, 0.25) is 0 Å². The quantitative estimate of drug-likeness (QED) is 0.437. The van der Waals surface area contributed by atoms with E-state index in [9.17, 15) is 27.3 Å². The molecule has 1 amide bonds. The van der Waals surface area contributed by atoms with Gasteiger partial charge in [-0.1, -0.05) is 24.3 Å². The van der Waals surface area contributed by atoms with E-state index in [4.69, 9.17) is 0 Å². The third-order valence-corrected chi connectivity index (χ3v) is 8.23. The molecule has 2 atom stereocenters. The fourth-order valence-corrected chi connectivity index (χ4v) is 5.93. The zero-order valence-corrected chi connectivity index (χ0v) is 20.0. The number of carbonyl (C=O) groups is 1. The number of sulfone groups is 1. The molecule has 2 aromatic carbocycles. The number of hydrogen-bond acceptors (Lipinski definition) is 5. The zero-order valence-electron chi connectivity index (χ0n) is 19.2. The van der Waals surface area contributed by atoms with Crippen molar-refractivity contribution in [1.29, 1.82) is 5.26 Å². The van der Waals surface area contributed by atoms with Crippen molar-refractivity contribution in [3.05, 3.63) is 71.3 Å². The third-order valence-electron chi connectivity index (χ3n) is 6.41. The number of benzene rings is 2. The Bertz CT molecular complexity index is 1250. The van der Waals surface area contributed by atoms with Gasteiger partial charge in [-0.15, -0.1) is 0 Å². The van der Waals surface area contributed by atoms with Gasteiger partial charge in [0, 0.05) is 5.56 Å². The van der Waals surface area contributed by atoms with Crippen LogP contribution in [0.1, 0.15) is 42.9 Å². The normalized spacial score (nSPS) is 18.6. The summed E-state index contributed by atoms with van der Waals surface area (Å²) in [4.78, 5) is 13.1. The maximum atomic E-state index is 15.8. The minimum atomic E-state index is -3.82. The van der Waals surface area contributed by atoms with E-state index in [-0.39, 0.29) is 17.2 Å². The first-order chi connectivity index (χ1) is 16.9. The highest BCUT2D eigenvalue weighted by Gasteiger charge is 2.48. The third kappa shape index (κ3) is 6.23. The molecule has 0 aliphatic heterocycles. The number of halogens is 4. The van der Waals surface area contributed by atoms with Gasteiger partial charge >= 0.3 is 0 Å². The highest BCUT2D eigenvalue weighted by atomic mass is 32.2. The van der Waals surface area contributed by atoms with Crippen LogP contribution in [0.25, 0.3) is 0 Å². The van der Waals surface area contributed by atoms with Gasteiger partial charge in [0.25, 0.3) is 5.92 Å². The van der Waals surface area contributed by atoms with E-state index in [0.29, 0.717) is 12.8 Å². The molecule has 11 heteroatoms. The van der Waals surface area contributed by atoms with Crippen molar-refractivity contribution in [2.24, 2.45) is 5.92 Å². The van der Waals surface area contributed by atoms with Gasteiger partial charge in [-0.2, -0.15) is 14.0 Å². The van der Waals surface area contributed by atoms with E-state index in [1.165, 1.54) is 0 Å². The Balaban J connectivity index is 1.69. The van der Waals surface area contributed by atoms with Crippen molar-refractivity contribution in [2.45, 2.75) is 49.2 Å². The molecule has 36 heavy (non-hydrogen) atoms. The summed E-state index contributed by atoms with van der Waals surface area (Å²) in [5.41, 5.74) is -1.84. The number of nitrogens with one attached hydrogen (secondary N) is 2. The van der Waals surface area contributed by atoms with Crippen molar-refractivity contribution in [1.82, 2.24) is 10.6 Å². The fourth-order valence-electron chi connectivity index (χ4n) is 3.98. The second-order valence-corrected chi connectivity index (χ2v) is 11.7. The monoisotopic (exact) mass is 523 g/mol. The van der Waals surface area contributed by atoms with Gasteiger partial charge in [0.2, 0.25) is 5.91 Å². The van der Waals surface area contributed by atoms with E-state index in [1.54, 1.807) is 0 Å². The second kappa shape index (κ2) is 9.82. The Morgan fingerprint density at radius 2 is 1.61 bits per heavy atom. The van der Waals surface area contributed by atoms with Crippen molar-refractivity contribution < 1.29 is 30.8 Å². The lowest BCUT2D eigenvalue weighted by Crippen LogP contribution is -2.54. The molecule has 2 saturated carbocycles. The number of carbonyl (C=O) groups excluding carboxylic acids is 1. The highest BCUT2D eigenvalue weighted by molar-refractivity contribution is 7.91. The molecule has 2 fully saturated rings. The molecule has 0 heterocycles. The Hall–Kier alpha value is -2.97. The Morgan fingerprint density at radius 1 is 1.06 bits per heavy atom. The topological polar surface area (TPSA) is 99.1 Å². The molecule has 2 aromatic rings. The predicted octanol–water partition coefficient (Wildman–Crippen LogP) is 3.75.